The summed E-state index contributed by atoms with van der Waals surface area (Å²) in [6, 6.07) is 0.501. The molecule has 2 amide bonds. The molecule has 2 heterocycles. The Kier molecular flexibility index (Phi) is 7.63. The van der Waals surface area contributed by atoms with Gasteiger partial charge in [-0.15, -0.1) is 0 Å². The zero-order valence-electron chi connectivity index (χ0n) is 15.2. The highest BCUT2D eigenvalue weighted by Gasteiger charge is 2.28. The van der Waals surface area contributed by atoms with Crippen LogP contribution >= 0.6 is 0 Å². The second kappa shape index (κ2) is 9.48. The maximum absolute atomic E-state index is 12.6. The number of carbonyl (C=O) groups excluding carboxylic acids is 1. The van der Waals surface area contributed by atoms with Crippen molar-refractivity contribution >= 4 is 6.03 Å². The number of carbonyl (C=O) groups is 1. The Hall–Kier alpha value is -0.810. The van der Waals surface area contributed by atoms with Gasteiger partial charge in [-0.3, -0.25) is 0 Å². The molecule has 0 saturated carbocycles. The molecule has 2 saturated heterocycles. The highest BCUT2D eigenvalue weighted by Crippen LogP contribution is 2.20. The fourth-order valence-corrected chi connectivity index (χ4v) is 3.65. The van der Waals surface area contributed by atoms with E-state index in [9.17, 15) is 4.79 Å². The number of nitrogens with one attached hydrogen (secondary N) is 1. The van der Waals surface area contributed by atoms with Crippen LogP contribution in [0.4, 0.5) is 4.79 Å². The quantitative estimate of drug-likeness (QED) is 0.845. The number of amides is 2. The third-order valence-corrected chi connectivity index (χ3v) is 5.14. The first-order chi connectivity index (χ1) is 11.1. The number of piperidine rings is 1. The molecule has 1 atom stereocenters. The Morgan fingerprint density at radius 1 is 1.13 bits per heavy atom. The molecule has 5 heteroatoms. The van der Waals surface area contributed by atoms with Gasteiger partial charge in [0.25, 0.3) is 0 Å². The summed E-state index contributed by atoms with van der Waals surface area (Å²) in [6.45, 7) is 9.16. The Bertz CT molecular complexity index is 354. The molecule has 2 aliphatic rings. The molecule has 0 radical (unpaired) electrons. The summed E-state index contributed by atoms with van der Waals surface area (Å²) in [6.07, 6.45) is 7.41. The van der Waals surface area contributed by atoms with Crippen LogP contribution in [0.2, 0.25) is 0 Å². The van der Waals surface area contributed by atoms with Gasteiger partial charge in [0.05, 0.1) is 6.10 Å². The standard InChI is InChI=1S/C18H35N3O2/c1-15(2)13-19-18(22)21-10-6-4-5-7-16(21)14-20-11-8-17(23-3)9-12-20/h15-17H,4-14H2,1-3H3,(H,19,22). The highest BCUT2D eigenvalue weighted by molar-refractivity contribution is 5.74. The van der Waals surface area contributed by atoms with Crippen LogP contribution in [0, 0.1) is 5.92 Å². The van der Waals surface area contributed by atoms with E-state index in [1.54, 1.807) is 0 Å². The first-order valence-electron chi connectivity index (χ1n) is 9.39. The third kappa shape index (κ3) is 5.96. The van der Waals surface area contributed by atoms with Crippen LogP contribution in [0.5, 0.6) is 0 Å². The SMILES string of the molecule is COC1CCN(CC2CCCCCN2C(=O)NCC(C)C)CC1. The molecule has 23 heavy (non-hydrogen) atoms. The molecule has 1 unspecified atom stereocenters. The predicted octanol–water partition coefficient (Wildman–Crippen LogP) is 2.71. The van der Waals surface area contributed by atoms with Gasteiger partial charge >= 0.3 is 6.03 Å². The second-order valence-corrected chi connectivity index (χ2v) is 7.51. The van der Waals surface area contributed by atoms with Crippen LogP contribution in [0.25, 0.3) is 0 Å². The molecule has 0 aromatic rings. The van der Waals surface area contributed by atoms with Gasteiger partial charge in [-0.1, -0.05) is 26.7 Å². The summed E-state index contributed by atoms with van der Waals surface area (Å²) in [5, 5.41) is 3.11. The van der Waals surface area contributed by atoms with E-state index in [4.69, 9.17) is 4.74 Å². The predicted molar refractivity (Wildman–Crippen MR) is 93.7 cm³/mol. The minimum atomic E-state index is 0.136. The van der Waals surface area contributed by atoms with Crippen molar-refractivity contribution in [2.45, 2.75) is 64.5 Å². The Balaban J connectivity index is 1.88. The largest absolute Gasteiger partial charge is 0.381 e. The van der Waals surface area contributed by atoms with E-state index in [0.717, 1.165) is 58.4 Å². The molecule has 1 N–H and O–H groups in total. The maximum atomic E-state index is 12.6. The minimum absolute atomic E-state index is 0.136. The van der Waals surface area contributed by atoms with Gasteiger partial charge in [0, 0.05) is 45.9 Å². The molecule has 0 bridgehead atoms. The van der Waals surface area contributed by atoms with Crippen molar-refractivity contribution in [3.05, 3.63) is 0 Å². The summed E-state index contributed by atoms with van der Waals surface area (Å²) in [4.78, 5) is 17.2. The van der Waals surface area contributed by atoms with Crippen LogP contribution in [0.3, 0.4) is 0 Å². The van der Waals surface area contributed by atoms with E-state index in [0.29, 0.717) is 18.1 Å². The summed E-state index contributed by atoms with van der Waals surface area (Å²) in [5.41, 5.74) is 0. The molecule has 0 aromatic carbocycles. The maximum Gasteiger partial charge on any atom is 0.317 e. The molecule has 5 nitrogen and oxygen atoms in total. The molecule has 2 aliphatic heterocycles. The summed E-state index contributed by atoms with van der Waals surface area (Å²) < 4.78 is 5.46. The normalized spacial score (nSPS) is 24.7. The van der Waals surface area contributed by atoms with Gasteiger partial charge in [-0.25, -0.2) is 4.79 Å². The molecule has 0 aromatic heterocycles. The average Bonchev–Trinajstić information content (AvgIpc) is 2.79. The molecular formula is C18H35N3O2. The summed E-state index contributed by atoms with van der Waals surface area (Å²) in [7, 11) is 1.81. The van der Waals surface area contributed by atoms with Crippen LogP contribution in [-0.2, 0) is 4.74 Å². The van der Waals surface area contributed by atoms with Crippen molar-refractivity contribution in [3.63, 3.8) is 0 Å². The van der Waals surface area contributed by atoms with E-state index in [1.807, 2.05) is 7.11 Å². The van der Waals surface area contributed by atoms with Gasteiger partial charge in [0.2, 0.25) is 0 Å². The molecule has 2 rings (SSSR count). The zero-order valence-corrected chi connectivity index (χ0v) is 15.2. The number of likely N-dealkylation sites (tertiary alicyclic amines) is 2. The number of methoxy groups -OCH3 is 1. The lowest BCUT2D eigenvalue weighted by Gasteiger charge is -2.37. The van der Waals surface area contributed by atoms with E-state index in [1.165, 1.54) is 12.8 Å². The van der Waals surface area contributed by atoms with Crippen LogP contribution in [-0.4, -0.2) is 67.8 Å². The zero-order chi connectivity index (χ0) is 16.7. The van der Waals surface area contributed by atoms with E-state index >= 15 is 0 Å². The van der Waals surface area contributed by atoms with Crippen LogP contribution in [0.15, 0.2) is 0 Å². The monoisotopic (exact) mass is 325 g/mol. The summed E-state index contributed by atoms with van der Waals surface area (Å²) >= 11 is 0. The number of hydrogen-bond donors (Lipinski definition) is 1. The van der Waals surface area contributed by atoms with Crippen LogP contribution < -0.4 is 5.32 Å². The lowest BCUT2D eigenvalue weighted by molar-refractivity contribution is 0.0331. The fraction of sp³-hybridized carbons (Fsp3) is 0.944. The highest BCUT2D eigenvalue weighted by atomic mass is 16.5. The van der Waals surface area contributed by atoms with Crippen molar-refractivity contribution < 1.29 is 9.53 Å². The van der Waals surface area contributed by atoms with Gasteiger partial charge < -0.3 is 19.9 Å². The number of hydrogen-bond acceptors (Lipinski definition) is 3. The molecule has 2 fully saturated rings. The number of rotatable bonds is 5. The topological polar surface area (TPSA) is 44.8 Å². The Morgan fingerprint density at radius 2 is 1.87 bits per heavy atom. The van der Waals surface area contributed by atoms with Crippen molar-refractivity contribution in [1.29, 1.82) is 0 Å². The Morgan fingerprint density at radius 3 is 2.52 bits per heavy atom. The number of urea groups is 1. The lowest BCUT2D eigenvalue weighted by atomic mass is 10.0. The average molecular weight is 325 g/mol. The minimum Gasteiger partial charge on any atom is -0.381 e. The van der Waals surface area contributed by atoms with E-state index in [-0.39, 0.29) is 6.03 Å². The molecular weight excluding hydrogens is 290 g/mol. The fourth-order valence-electron chi connectivity index (χ4n) is 3.65. The first-order valence-corrected chi connectivity index (χ1v) is 9.39. The van der Waals surface area contributed by atoms with Crippen molar-refractivity contribution in [1.82, 2.24) is 15.1 Å². The molecule has 0 spiro atoms. The smallest absolute Gasteiger partial charge is 0.317 e. The molecule has 134 valence electrons. The van der Waals surface area contributed by atoms with Gasteiger partial charge in [0.15, 0.2) is 0 Å². The lowest BCUT2D eigenvalue weighted by Crippen LogP contribution is -2.52. The van der Waals surface area contributed by atoms with E-state index in [2.05, 4.69) is 29.0 Å². The van der Waals surface area contributed by atoms with Crippen molar-refractivity contribution in [2.75, 3.05) is 39.8 Å². The molecule has 0 aliphatic carbocycles. The number of nitrogens with zero attached hydrogens (tertiary/aromatic N) is 2. The summed E-state index contributed by atoms with van der Waals surface area (Å²) in [5.74, 6) is 0.498. The first kappa shape index (κ1) is 18.5. The van der Waals surface area contributed by atoms with Crippen molar-refractivity contribution in [2.24, 2.45) is 5.92 Å². The third-order valence-electron chi connectivity index (χ3n) is 5.14. The Labute approximate surface area is 141 Å². The van der Waals surface area contributed by atoms with Crippen molar-refractivity contribution in [3.8, 4) is 0 Å². The van der Waals surface area contributed by atoms with E-state index < -0.39 is 0 Å². The van der Waals surface area contributed by atoms with Gasteiger partial charge in [0.1, 0.15) is 0 Å². The second-order valence-electron chi connectivity index (χ2n) is 7.51. The number of ether oxygens (including phenoxy) is 1. The van der Waals surface area contributed by atoms with Gasteiger partial charge in [-0.2, -0.15) is 0 Å². The van der Waals surface area contributed by atoms with Crippen LogP contribution in [0.1, 0.15) is 52.4 Å². The van der Waals surface area contributed by atoms with Gasteiger partial charge in [-0.05, 0) is 31.6 Å².